The van der Waals surface area contributed by atoms with Crippen molar-refractivity contribution in [3.63, 3.8) is 0 Å². The highest BCUT2D eigenvalue weighted by Gasteiger charge is 2.33. The lowest BCUT2D eigenvalue weighted by Crippen LogP contribution is -2.49. The number of aliphatic carboxylic acids is 1. The first kappa shape index (κ1) is 21.8. The third kappa shape index (κ3) is 4.43. The van der Waals surface area contributed by atoms with Crippen molar-refractivity contribution in [1.82, 2.24) is 10.3 Å². The van der Waals surface area contributed by atoms with E-state index in [4.69, 9.17) is 4.74 Å². The van der Waals surface area contributed by atoms with Gasteiger partial charge >= 0.3 is 5.97 Å². The van der Waals surface area contributed by atoms with Crippen LogP contribution in [0.2, 0.25) is 0 Å². The van der Waals surface area contributed by atoms with Gasteiger partial charge in [-0.15, -0.1) is 11.3 Å². The van der Waals surface area contributed by atoms with E-state index in [-0.39, 0.29) is 6.61 Å². The van der Waals surface area contributed by atoms with Gasteiger partial charge in [-0.3, -0.25) is 4.79 Å². The number of fused-ring (bicyclic) bond motifs is 2. The molecule has 0 aliphatic carbocycles. The Morgan fingerprint density at radius 1 is 1.06 bits per heavy atom. The molecular weight excluding hydrogens is 424 g/mol. The minimum absolute atomic E-state index is 0.204. The van der Waals surface area contributed by atoms with E-state index in [0.717, 1.165) is 26.0 Å². The largest absolute Gasteiger partial charge is 0.485 e. The first-order valence-corrected chi connectivity index (χ1v) is 11.1. The Morgan fingerprint density at radius 2 is 1.78 bits per heavy atom. The fourth-order valence-corrected chi connectivity index (χ4v) is 4.43. The molecule has 0 spiro atoms. The summed E-state index contributed by atoms with van der Waals surface area (Å²) in [5, 5.41) is 14.8. The Balaban J connectivity index is 1.69. The molecule has 4 rings (SSSR count). The maximum Gasteiger partial charge on any atom is 0.326 e. The van der Waals surface area contributed by atoms with E-state index in [1.807, 2.05) is 54.6 Å². The number of carboxylic acid groups (broad SMARTS) is 1. The van der Waals surface area contributed by atoms with E-state index < -0.39 is 23.3 Å². The third-order valence-corrected chi connectivity index (χ3v) is 6.20. The van der Waals surface area contributed by atoms with Gasteiger partial charge in [-0.2, -0.15) is 0 Å². The Hall–Kier alpha value is -3.45. The maximum absolute atomic E-state index is 13.2. The number of amides is 1. The minimum atomic E-state index is -1.08. The smallest absolute Gasteiger partial charge is 0.326 e. The normalized spacial score (nSPS) is 12.6. The van der Waals surface area contributed by atoms with E-state index in [9.17, 15) is 14.7 Å². The summed E-state index contributed by atoms with van der Waals surface area (Å²) in [6, 6.07) is 17.9. The Morgan fingerprint density at radius 3 is 2.50 bits per heavy atom. The first-order chi connectivity index (χ1) is 15.2. The monoisotopic (exact) mass is 448 g/mol. The molecule has 2 N–H and O–H groups in total. The summed E-state index contributed by atoms with van der Waals surface area (Å²) >= 11 is 1.54. The second-order valence-corrected chi connectivity index (χ2v) is 9.75. The second kappa shape index (κ2) is 8.59. The van der Waals surface area contributed by atoms with Gasteiger partial charge in [0.15, 0.2) is 0 Å². The van der Waals surface area contributed by atoms with Crippen LogP contribution in [-0.4, -0.2) is 28.0 Å². The summed E-state index contributed by atoms with van der Waals surface area (Å²) in [5.74, 6) is -1.15. The summed E-state index contributed by atoms with van der Waals surface area (Å²) in [5.41, 5.74) is 0.544. The third-order valence-electron chi connectivity index (χ3n) is 5.19. The van der Waals surface area contributed by atoms with Gasteiger partial charge in [0.1, 0.15) is 23.4 Å². The molecular formula is C25H24N2O4S. The summed E-state index contributed by atoms with van der Waals surface area (Å²) in [6.07, 6.45) is 0. The summed E-state index contributed by atoms with van der Waals surface area (Å²) in [6.45, 7) is 5.53. The number of para-hydroxylation sites is 1. The lowest BCUT2D eigenvalue weighted by atomic mass is 9.86. The average Bonchev–Trinajstić information content (AvgIpc) is 3.17. The molecule has 7 heteroatoms. The van der Waals surface area contributed by atoms with Crippen LogP contribution in [0, 0.1) is 5.41 Å². The van der Waals surface area contributed by atoms with Crippen LogP contribution in [0.5, 0.6) is 5.75 Å². The van der Waals surface area contributed by atoms with Gasteiger partial charge in [-0.05, 0) is 29.0 Å². The molecule has 1 aromatic heterocycles. The highest BCUT2D eigenvalue weighted by Crippen LogP contribution is 2.32. The van der Waals surface area contributed by atoms with Crippen molar-refractivity contribution in [2.24, 2.45) is 5.41 Å². The fourth-order valence-electron chi connectivity index (χ4n) is 3.55. The number of aromatic nitrogens is 1. The van der Waals surface area contributed by atoms with Crippen LogP contribution in [0.1, 0.15) is 36.1 Å². The Bertz CT molecular complexity index is 1270. The fraction of sp³-hybridized carbons (Fsp3) is 0.240. The molecule has 164 valence electrons. The summed E-state index contributed by atoms with van der Waals surface area (Å²) < 4.78 is 7.22. The topological polar surface area (TPSA) is 88.5 Å². The van der Waals surface area contributed by atoms with Crippen molar-refractivity contribution in [2.75, 3.05) is 0 Å². The highest BCUT2D eigenvalue weighted by atomic mass is 32.1. The number of rotatable bonds is 6. The van der Waals surface area contributed by atoms with Crippen LogP contribution >= 0.6 is 11.3 Å². The van der Waals surface area contributed by atoms with Gasteiger partial charge < -0.3 is 15.2 Å². The Labute approximate surface area is 189 Å². The number of nitrogens with zero attached hydrogens (tertiary/aromatic N) is 1. The lowest BCUT2D eigenvalue weighted by molar-refractivity contribution is -0.142. The number of carboxylic acids is 1. The predicted octanol–water partition coefficient (Wildman–Crippen LogP) is 5.26. The number of hydrogen-bond donors (Lipinski definition) is 2. The zero-order valence-electron chi connectivity index (χ0n) is 18.1. The quantitative estimate of drug-likeness (QED) is 0.420. The van der Waals surface area contributed by atoms with E-state index in [2.05, 4.69) is 10.3 Å². The van der Waals surface area contributed by atoms with Gasteiger partial charge in [0.25, 0.3) is 5.91 Å². The van der Waals surface area contributed by atoms with Crippen LogP contribution in [0.15, 0.2) is 60.7 Å². The van der Waals surface area contributed by atoms with Gasteiger partial charge in [0.2, 0.25) is 0 Å². The molecule has 1 atom stereocenters. The molecule has 0 fully saturated rings. The van der Waals surface area contributed by atoms with E-state index >= 15 is 0 Å². The molecule has 1 amide bonds. The number of nitrogens with one attached hydrogen (secondary N) is 1. The van der Waals surface area contributed by atoms with Crippen LogP contribution in [0.3, 0.4) is 0 Å². The number of carbonyl (C=O) groups is 2. The molecule has 0 bridgehead atoms. The number of ether oxygens (including phenoxy) is 1. The summed E-state index contributed by atoms with van der Waals surface area (Å²) in [7, 11) is 0. The SMILES string of the molecule is CC(C)(C)[C@H](NC(=O)c1ccc2ccccc2c1OCc1nc2ccccc2s1)C(=O)O. The van der Waals surface area contributed by atoms with E-state index in [1.165, 1.54) is 11.3 Å². The molecule has 4 aromatic rings. The minimum Gasteiger partial charge on any atom is -0.485 e. The van der Waals surface area contributed by atoms with Crippen LogP contribution in [0.25, 0.3) is 21.0 Å². The number of hydrogen-bond acceptors (Lipinski definition) is 5. The highest BCUT2D eigenvalue weighted by molar-refractivity contribution is 7.18. The number of thiazole rings is 1. The molecule has 0 saturated heterocycles. The lowest BCUT2D eigenvalue weighted by Gasteiger charge is -2.28. The number of benzene rings is 3. The first-order valence-electron chi connectivity index (χ1n) is 10.3. The summed E-state index contributed by atoms with van der Waals surface area (Å²) in [4.78, 5) is 29.5. The molecule has 3 aromatic carbocycles. The van der Waals surface area contributed by atoms with Crippen LogP contribution in [-0.2, 0) is 11.4 Å². The predicted molar refractivity (Wildman–Crippen MR) is 126 cm³/mol. The van der Waals surface area contributed by atoms with Gasteiger partial charge in [0.05, 0.1) is 15.8 Å². The average molecular weight is 449 g/mol. The zero-order chi connectivity index (χ0) is 22.9. The molecule has 6 nitrogen and oxygen atoms in total. The number of carbonyl (C=O) groups excluding carboxylic acids is 1. The van der Waals surface area contributed by atoms with Gasteiger partial charge in [-0.25, -0.2) is 9.78 Å². The second-order valence-electron chi connectivity index (χ2n) is 8.64. The standard InChI is InChI=1S/C25H24N2O4S/c1-25(2,3)22(24(29)30)27-23(28)17-13-12-15-8-4-5-9-16(15)21(17)31-14-20-26-18-10-6-7-11-19(18)32-20/h4-13,22H,14H2,1-3H3,(H,27,28)(H,29,30)/t22-/m1/s1. The van der Waals surface area contributed by atoms with Crippen molar-refractivity contribution in [2.45, 2.75) is 33.4 Å². The zero-order valence-corrected chi connectivity index (χ0v) is 18.9. The molecule has 0 saturated carbocycles. The van der Waals surface area contributed by atoms with Crippen LogP contribution in [0.4, 0.5) is 0 Å². The van der Waals surface area contributed by atoms with E-state index in [0.29, 0.717) is 11.3 Å². The molecule has 32 heavy (non-hydrogen) atoms. The van der Waals surface area contributed by atoms with Crippen molar-refractivity contribution >= 4 is 44.2 Å². The van der Waals surface area contributed by atoms with Gasteiger partial charge in [-0.1, -0.05) is 63.2 Å². The molecule has 0 aliphatic heterocycles. The van der Waals surface area contributed by atoms with Crippen molar-refractivity contribution in [1.29, 1.82) is 0 Å². The van der Waals surface area contributed by atoms with E-state index in [1.54, 1.807) is 26.8 Å². The van der Waals surface area contributed by atoms with Crippen molar-refractivity contribution in [3.05, 3.63) is 71.2 Å². The van der Waals surface area contributed by atoms with Crippen molar-refractivity contribution < 1.29 is 19.4 Å². The molecule has 0 unspecified atom stereocenters. The molecule has 1 heterocycles. The molecule has 0 radical (unpaired) electrons. The van der Waals surface area contributed by atoms with Crippen molar-refractivity contribution in [3.8, 4) is 5.75 Å². The maximum atomic E-state index is 13.2. The van der Waals surface area contributed by atoms with Gasteiger partial charge in [0, 0.05) is 5.39 Å². The Kier molecular flexibility index (Phi) is 5.84. The van der Waals surface area contributed by atoms with Crippen LogP contribution < -0.4 is 10.1 Å². The molecule has 0 aliphatic rings.